The van der Waals surface area contributed by atoms with E-state index >= 15 is 0 Å². The van der Waals surface area contributed by atoms with Crippen LogP contribution in [0.15, 0.2) is 18.2 Å². The Morgan fingerprint density at radius 3 is 2.84 bits per heavy atom. The topological polar surface area (TPSA) is 82.3 Å². The van der Waals surface area contributed by atoms with Gasteiger partial charge in [-0.2, -0.15) is 5.26 Å². The number of benzene rings is 1. The van der Waals surface area contributed by atoms with Crippen molar-refractivity contribution in [1.29, 1.82) is 5.26 Å². The summed E-state index contributed by atoms with van der Waals surface area (Å²) in [6.07, 6.45) is 0.474. The molecule has 0 fully saturated rings. The first kappa shape index (κ1) is 15.0. The second-order valence-electron chi connectivity index (χ2n) is 4.32. The maximum atomic E-state index is 11.8. The number of ether oxygens (including phenoxy) is 1. The van der Waals surface area contributed by atoms with Gasteiger partial charge in [-0.15, -0.1) is 0 Å². The molecule has 1 aromatic carbocycles. The average Bonchev–Trinajstić information content (AvgIpc) is 2.38. The van der Waals surface area contributed by atoms with Crippen LogP contribution in [0.4, 0.5) is 0 Å². The summed E-state index contributed by atoms with van der Waals surface area (Å²) in [5.41, 5.74) is 0.745. The van der Waals surface area contributed by atoms with Gasteiger partial charge in [0.1, 0.15) is 11.8 Å². The maximum Gasteiger partial charge on any atom is 0.251 e. The third-order valence-corrected chi connectivity index (χ3v) is 2.35. The van der Waals surface area contributed by atoms with Crippen molar-refractivity contribution in [3.8, 4) is 11.8 Å². The van der Waals surface area contributed by atoms with E-state index in [2.05, 4.69) is 5.32 Å². The van der Waals surface area contributed by atoms with Gasteiger partial charge in [-0.1, -0.05) is 0 Å². The fraction of sp³-hybridized carbons (Fsp3) is 0.429. The van der Waals surface area contributed by atoms with E-state index in [4.69, 9.17) is 15.1 Å². The molecule has 0 saturated heterocycles. The van der Waals surface area contributed by atoms with Gasteiger partial charge in [-0.05, 0) is 38.5 Å². The Labute approximate surface area is 112 Å². The molecule has 0 aliphatic heterocycles. The Balaban J connectivity index is 2.82. The molecule has 5 heteroatoms. The summed E-state index contributed by atoms with van der Waals surface area (Å²) in [7, 11) is 0. The van der Waals surface area contributed by atoms with Crippen LogP contribution in [-0.4, -0.2) is 30.3 Å². The molecule has 0 unspecified atom stereocenters. The molecule has 0 aromatic heterocycles. The van der Waals surface area contributed by atoms with Crippen LogP contribution >= 0.6 is 0 Å². The number of hydrogen-bond acceptors (Lipinski definition) is 4. The molecule has 5 nitrogen and oxygen atoms in total. The van der Waals surface area contributed by atoms with E-state index in [9.17, 15) is 4.79 Å². The monoisotopic (exact) mass is 262 g/mol. The van der Waals surface area contributed by atoms with Crippen LogP contribution in [0.3, 0.4) is 0 Å². The van der Waals surface area contributed by atoms with Gasteiger partial charge < -0.3 is 15.2 Å². The van der Waals surface area contributed by atoms with Crippen LogP contribution in [0, 0.1) is 11.3 Å². The molecule has 1 amide bonds. The van der Waals surface area contributed by atoms with E-state index in [1.165, 1.54) is 6.07 Å². The van der Waals surface area contributed by atoms with Gasteiger partial charge in [0.2, 0.25) is 0 Å². The second kappa shape index (κ2) is 7.39. The predicted molar refractivity (Wildman–Crippen MR) is 71.0 cm³/mol. The normalized spacial score (nSPS) is 10.1. The van der Waals surface area contributed by atoms with Gasteiger partial charge in [0, 0.05) is 18.7 Å². The van der Waals surface area contributed by atoms with Gasteiger partial charge in [-0.25, -0.2) is 0 Å². The van der Waals surface area contributed by atoms with Crippen LogP contribution in [-0.2, 0) is 0 Å². The summed E-state index contributed by atoms with van der Waals surface area (Å²) in [6.45, 7) is 4.18. The molecule has 102 valence electrons. The Kier molecular flexibility index (Phi) is 5.83. The highest BCUT2D eigenvalue weighted by molar-refractivity contribution is 5.94. The number of carbonyl (C=O) groups is 1. The van der Waals surface area contributed by atoms with Crippen LogP contribution < -0.4 is 10.1 Å². The fourth-order valence-electron chi connectivity index (χ4n) is 1.50. The zero-order valence-corrected chi connectivity index (χ0v) is 11.1. The van der Waals surface area contributed by atoms with E-state index in [0.717, 1.165) is 0 Å². The summed E-state index contributed by atoms with van der Waals surface area (Å²) in [5, 5.41) is 20.4. The Bertz CT molecular complexity index is 478. The van der Waals surface area contributed by atoms with Crippen LogP contribution in [0.25, 0.3) is 0 Å². The maximum absolute atomic E-state index is 11.8. The molecule has 0 saturated carbocycles. The third kappa shape index (κ3) is 4.60. The number of rotatable bonds is 6. The number of nitriles is 1. The molecular weight excluding hydrogens is 244 g/mol. The molecule has 0 spiro atoms. The smallest absolute Gasteiger partial charge is 0.251 e. The quantitative estimate of drug-likeness (QED) is 0.760. The standard InChI is InChI=1S/C14H18N2O3/c1-10(2)19-13-5-4-11(8-12(13)9-15)14(18)16-6-3-7-17/h4-5,8,10,17H,3,6-7H2,1-2H3,(H,16,18). The highest BCUT2D eigenvalue weighted by atomic mass is 16.5. The summed E-state index contributed by atoms with van der Waals surface area (Å²) in [5.74, 6) is 0.213. The Hall–Kier alpha value is -2.06. The summed E-state index contributed by atoms with van der Waals surface area (Å²) in [4.78, 5) is 11.8. The fourth-order valence-corrected chi connectivity index (χ4v) is 1.50. The molecular formula is C14H18N2O3. The minimum atomic E-state index is -0.263. The number of amides is 1. The molecule has 1 rings (SSSR count). The minimum absolute atomic E-state index is 0.0312. The van der Waals surface area contributed by atoms with Crippen LogP contribution in [0.5, 0.6) is 5.75 Å². The minimum Gasteiger partial charge on any atom is -0.490 e. The second-order valence-corrected chi connectivity index (χ2v) is 4.32. The van der Waals surface area contributed by atoms with Gasteiger partial charge in [0.15, 0.2) is 0 Å². The van der Waals surface area contributed by atoms with Crippen molar-refractivity contribution >= 4 is 5.91 Å². The molecule has 0 atom stereocenters. The van der Waals surface area contributed by atoms with E-state index < -0.39 is 0 Å². The largest absolute Gasteiger partial charge is 0.490 e. The van der Waals surface area contributed by atoms with Gasteiger partial charge in [0.25, 0.3) is 5.91 Å². The molecule has 0 heterocycles. The van der Waals surface area contributed by atoms with Crippen LogP contribution in [0.1, 0.15) is 36.2 Å². The van der Waals surface area contributed by atoms with Crippen molar-refractivity contribution in [2.24, 2.45) is 0 Å². The third-order valence-electron chi connectivity index (χ3n) is 2.35. The summed E-state index contributed by atoms with van der Waals surface area (Å²) >= 11 is 0. The summed E-state index contributed by atoms with van der Waals surface area (Å²) < 4.78 is 5.48. The van der Waals surface area contributed by atoms with Crippen molar-refractivity contribution in [1.82, 2.24) is 5.32 Å². The highest BCUT2D eigenvalue weighted by Gasteiger charge is 2.11. The Morgan fingerprint density at radius 1 is 1.53 bits per heavy atom. The number of hydrogen-bond donors (Lipinski definition) is 2. The zero-order valence-electron chi connectivity index (χ0n) is 11.1. The van der Waals surface area contributed by atoms with E-state index in [1.54, 1.807) is 12.1 Å². The first-order chi connectivity index (χ1) is 9.08. The lowest BCUT2D eigenvalue weighted by molar-refractivity contribution is 0.0951. The lowest BCUT2D eigenvalue weighted by atomic mass is 10.1. The number of aliphatic hydroxyl groups is 1. The number of carbonyl (C=O) groups excluding carboxylic acids is 1. The van der Waals surface area contributed by atoms with Gasteiger partial charge in [-0.3, -0.25) is 4.79 Å². The lowest BCUT2D eigenvalue weighted by Crippen LogP contribution is -2.25. The first-order valence-electron chi connectivity index (χ1n) is 6.18. The van der Waals surface area contributed by atoms with E-state index in [-0.39, 0.29) is 18.6 Å². The van der Waals surface area contributed by atoms with E-state index in [0.29, 0.717) is 29.8 Å². The average molecular weight is 262 g/mol. The van der Waals surface area contributed by atoms with Crippen molar-refractivity contribution in [3.05, 3.63) is 29.3 Å². The molecule has 0 radical (unpaired) electrons. The van der Waals surface area contributed by atoms with Gasteiger partial charge in [0.05, 0.1) is 11.7 Å². The molecule has 2 N–H and O–H groups in total. The van der Waals surface area contributed by atoms with Crippen LogP contribution in [0.2, 0.25) is 0 Å². The van der Waals surface area contributed by atoms with E-state index in [1.807, 2.05) is 19.9 Å². The number of aliphatic hydroxyl groups excluding tert-OH is 1. The molecule has 0 aliphatic carbocycles. The first-order valence-corrected chi connectivity index (χ1v) is 6.18. The number of nitrogens with one attached hydrogen (secondary N) is 1. The van der Waals surface area contributed by atoms with Crippen molar-refractivity contribution in [2.45, 2.75) is 26.4 Å². The SMILES string of the molecule is CC(C)Oc1ccc(C(=O)NCCCO)cc1C#N. The predicted octanol–water partition coefficient (Wildman–Crippen LogP) is 1.46. The molecule has 1 aromatic rings. The van der Waals surface area contributed by atoms with Crippen molar-refractivity contribution in [2.75, 3.05) is 13.2 Å². The summed E-state index contributed by atoms with van der Waals surface area (Å²) in [6, 6.07) is 6.77. The molecule has 0 bridgehead atoms. The highest BCUT2D eigenvalue weighted by Crippen LogP contribution is 2.20. The van der Waals surface area contributed by atoms with Crippen molar-refractivity contribution in [3.63, 3.8) is 0 Å². The molecule has 0 aliphatic rings. The van der Waals surface area contributed by atoms with Crippen molar-refractivity contribution < 1.29 is 14.6 Å². The molecule has 19 heavy (non-hydrogen) atoms. The number of nitrogens with zero attached hydrogens (tertiary/aromatic N) is 1. The van der Waals surface area contributed by atoms with Gasteiger partial charge >= 0.3 is 0 Å². The lowest BCUT2D eigenvalue weighted by Gasteiger charge is -2.12. The zero-order chi connectivity index (χ0) is 14.3. The Morgan fingerprint density at radius 2 is 2.26 bits per heavy atom.